The molecule has 1 aromatic rings. The Hall–Kier alpha value is -1.87. The summed E-state index contributed by atoms with van der Waals surface area (Å²) in [7, 11) is -3.70. The zero-order chi connectivity index (χ0) is 18.1. The maximum atomic E-state index is 12.6. The molecular formula is C15H22N2O6S. The predicted molar refractivity (Wildman–Crippen MR) is 85.2 cm³/mol. The number of rotatable bonds is 6. The number of nitrogens with zero attached hydrogens (tertiary/aromatic N) is 1. The lowest BCUT2D eigenvalue weighted by atomic mass is 10.0. The molecule has 2 heterocycles. The Labute approximate surface area is 140 Å². The summed E-state index contributed by atoms with van der Waals surface area (Å²) in [6.07, 6.45) is 1.61. The minimum Gasteiger partial charge on any atom is -0.480 e. The van der Waals surface area contributed by atoms with Crippen LogP contribution in [0.5, 0.6) is 0 Å². The van der Waals surface area contributed by atoms with Crippen LogP contribution in [0.25, 0.3) is 0 Å². The molecule has 2 rings (SSSR count). The summed E-state index contributed by atoms with van der Waals surface area (Å²) in [5.74, 6) is -2.33. The lowest BCUT2D eigenvalue weighted by molar-refractivity contribution is -0.140. The van der Waals surface area contributed by atoms with Gasteiger partial charge in [0.15, 0.2) is 5.76 Å². The van der Waals surface area contributed by atoms with Crippen LogP contribution in [0.1, 0.15) is 43.0 Å². The fourth-order valence-corrected chi connectivity index (χ4v) is 4.30. The van der Waals surface area contributed by atoms with Gasteiger partial charge in [-0.3, -0.25) is 4.79 Å². The average Bonchev–Trinajstić information content (AvgIpc) is 3.13. The quantitative estimate of drug-likeness (QED) is 0.789. The largest absolute Gasteiger partial charge is 0.480 e. The molecule has 8 nitrogen and oxygen atoms in total. The van der Waals surface area contributed by atoms with Gasteiger partial charge in [0.1, 0.15) is 16.7 Å². The predicted octanol–water partition coefficient (Wildman–Crippen LogP) is 1.21. The second-order valence-electron chi connectivity index (χ2n) is 6.18. The Balaban J connectivity index is 2.25. The molecule has 1 aromatic heterocycles. The molecule has 0 saturated carbocycles. The molecular weight excluding hydrogens is 336 g/mol. The Morgan fingerprint density at radius 1 is 1.29 bits per heavy atom. The number of furan rings is 1. The molecule has 0 unspecified atom stereocenters. The monoisotopic (exact) mass is 358 g/mol. The number of carboxylic acid groups (broad SMARTS) is 1. The third kappa shape index (κ3) is 3.62. The number of carboxylic acids is 1. The highest BCUT2D eigenvalue weighted by Gasteiger charge is 2.32. The summed E-state index contributed by atoms with van der Waals surface area (Å²) in [6, 6.07) is 0.0823. The van der Waals surface area contributed by atoms with Crippen molar-refractivity contribution < 1.29 is 27.5 Å². The van der Waals surface area contributed by atoms with E-state index in [1.807, 2.05) is 0 Å². The highest BCUT2D eigenvalue weighted by Crippen LogP contribution is 2.26. The van der Waals surface area contributed by atoms with E-state index in [0.717, 1.165) is 18.9 Å². The van der Waals surface area contributed by atoms with E-state index >= 15 is 0 Å². The van der Waals surface area contributed by atoms with Crippen LogP contribution in [0.15, 0.2) is 15.4 Å². The van der Waals surface area contributed by atoms with Crippen LogP contribution in [0.2, 0.25) is 0 Å². The molecule has 1 aliphatic heterocycles. The molecule has 0 bridgehead atoms. The van der Waals surface area contributed by atoms with Gasteiger partial charge in [0, 0.05) is 19.2 Å². The smallest absolute Gasteiger partial charge is 0.326 e. The van der Waals surface area contributed by atoms with Gasteiger partial charge in [-0.15, -0.1) is 0 Å². The van der Waals surface area contributed by atoms with Crippen LogP contribution < -0.4 is 5.32 Å². The number of carbonyl (C=O) groups excluding carboxylic acids is 1. The highest BCUT2D eigenvalue weighted by molar-refractivity contribution is 7.89. The maximum absolute atomic E-state index is 12.6. The van der Waals surface area contributed by atoms with E-state index in [-0.39, 0.29) is 22.3 Å². The van der Waals surface area contributed by atoms with E-state index < -0.39 is 27.9 Å². The number of hydrogen-bond donors (Lipinski definition) is 2. The van der Waals surface area contributed by atoms with Gasteiger partial charge in [-0.2, -0.15) is 4.31 Å². The van der Waals surface area contributed by atoms with Crippen LogP contribution in [0.3, 0.4) is 0 Å². The summed E-state index contributed by atoms with van der Waals surface area (Å²) in [6.45, 7) is 5.69. The molecule has 0 radical (unpaired) electrons. The van der Waals surface area contributed by atoms with Crippen molar-refractivity contribution in [3.63, 3.8) is 0 Å². The number of aryl methyl sites for hydroxylation is 1. The zero-order valence-corrected chi connectivity index (χ0v) is 14.7. The lowest BCUT2D eigenvalue weighted by Crippen LogP contribution is -2.44. The first kappa shape index (κ1) is 18.5. The number of sulfonamides is 1. The van der Waals surface area contributed by atoms with E-state index in [0.29, 0.717) is 13.1 Å². The van der Waals surface area contributed by atoms with Gasteiger partial charge in [0.05, 0.1) is 0 Å². The number of aliphatic carboxylic acids is 1. The fourth-order valence-electron chi connectivity index (χ4n) is 2.63. The van der Waals surface area contributed by atoms with Crippen LogP contribution >= 0.6 is 0 Å². The third-order valence-corrected chi connectivity index (χ3v) is 6.00. The standard InChI is InChI=1S/C15H22N2O6S/c1-9(2)13(15(19)20)16-14(18)11-8-12(10(3)23-11)24(21,22)17-6-4-5-7-17/h8-9,13H,4-7H2,1-3H3,(H,16,18)(H,19,20)/t13-/m1/s1. The fraction of sp³-hybridized carbons (Fsp3) is 0.600. The summed E-state index contributed by atoms with van der Waals surface area (Å²) >= 11 is 0. The van der Waals surface area contributed by atoms with Crippen LogP contribution in [0.4, 0.5) is 0 Å². The average molecular weight is 358 g/mol. The normalized spacial score (nSPS) is 17.2. The molecule has 0 spiro atoms. The van der Waals surface area contributed by atoms with Gasteiger partial charge in [0.2, 0.25) is 10.0 Å². The van der Waals surface area contributed by atoms with Crippen molar-refractivity contribution in [1.82, 2.24) is 9.62 Å². The number of carbonyl (C=O) groups is 2. The van der Waals surface area contributed by atoms with Gasteiger partial charge in [-0.1, -0.05) is 13.8 Å². The molecule has 1 saturated heterocycles. The Morgan fingerprint density at radius 2 is 1.88 bits per heavy atom. The molecule has 2 N–H and O–H groups in total. The van der Waals surface area contributed by atoms with Gasteiger partial charge in [0.25, 0.3) is 5.91 Å². The molecule has 1 amide bonds. The maximum Gasteiger partial charge on any atom is 0.326 e. The van der Waals surface area contributed by atoms with Crippen LogP contribution in [-0.2, 0) is 14.8 Å². The molecule has 1 fully saturated rings. The van der Waals surface area contributed by atoms with Gasteiger partial charge < -0.3 is 14.8 Å². The Bertz CT molecular complexity index is 731. The first-order valence-electron chi connectivity index (χ1n) is 7.79. The Morgan fingerprint density at radius 3 is 2.38 bits per heavy atom. The topological polar surface area (TPSA) is 117 Å². The highest BCUT2D eigenvalue weighted by atomic mass is 32.2. The molecule has 1 aliphatic rings. The van der Waals surface area contributed by atoms with Crippen molar-refractivity contribution in [2.45, 2.75) is 44.6 Å². The van der Waals surface area contributed by atoms with Gasteiger partial charge in [-0.25, -0.2) is 13.2 Å². The molecule has 134 valence electrons. The van der Waals surface area contributed by atoms with Crippen molar-refractivity contribution in [3.05, 3.63) is 17.6 Å². The van der Waals surface area contributed by atoms with Crippen molar-refractivity contribution in [2.24, 2.45) is 5.92 Å². The van der Waals surface area contributed by atoms with E-state index in [4.69, 9.17) is 9.52 Å². The summed E-state index contributed by atoms with van der Waals surface area (Å²) in [5, 5.41) is 11.5. The Kier molecular flexibility index (Phi) is 5.34. The SMILES string of the molecule is Cc1oc(C(=O)N[C@@H](C(=O)O)C(C)C)cc1S(=O)(=O)N1CCCC1. The van der Waals surface area contributed by atoms with Crippen molar-refractivity contribution >= 4 is 21.9 Å². The lowest BCUT2D eigenvalue weighted by Gasteiger charge is -2.16. The molecule has 0 aliphatic carbocycles. The first-order valence-corrected chi connectivity index (χ1v) is 9.23. The summed E-state index contributed by atoms with van der Waals surface area (Å²) in [4.78, 5) is 23.3. The van der Waals surface area contributed by atoms with Crippen molar-refractivity contribution in [1.29, 1.82) is 0 Å². The van der Waals surface area contributed by atoms with Crippen LogP contribution in [-0.4, -0.2) is 48.8 Å². The molecule has 0 aromatic carbocycles. The van der Waals surface area contributed by atoms with Crippen molar-refractivity contribution in [2.75, 3.05) is 13.1 Å². The van der Waals surface area contributed by atoms with E-state index in [2.05, 4.69) is 5.32 Å². The second kappa shape index (κ2) is 6.94. The van der Waals surface area contributed by atoms with Crippen LogP contribution in [0, 0.1) is 12.8 Å². The minimum atomic E-state index is -3.70. The molecule has 1 atom stereocenters. The minimum absolute atomic E-state index is 0.0500. The summed E-state index contributed by atoms with van der Waals surface area (Å²) in [5.41, 5.74) is 0. The number of hydrogen-bond acceptors (Lipinski definition) is 5. The summed E-state index contributed by atoms with van der Waals surface area (Å²) < 4.78 is 31.8. The molecule has 9 heteroatoms. The molecule has 24 heavy (non-hydrogen) atoms. The van der Waals surface area contributed by atoms with E-state index in [9.17, 15) is 18.0 Å². The second-order valence-corrected chi connectivity index (χ2v) is 8.08. The third-order valence-electron chi connectivity index (χ3n) is 4.00. The van der Waals surface area contributed by atoms with Gasteiger partial charge in [-0.05, 0) is 25.7 Å². The van der Waals surface area contributed by atoms with Gasteiger partial charge >= 0.3 is 5.97 Å². The van der Waals surface area contributed by atoms with Crippen molar-refractivity contribution in [3.8, 4) is 0 Å². The van der Waals surface area contributed by atoms with E-state index in [1.54, 1.807) is 13.8 Å². The number of amides is 1. The zero-order valence-electron chi connectivity index (χ0n) is 13.9. The number of nitrogens with one attached hydrogen (secondary N) is 1. The first-order chi connectivity index (χ1) is 11.1. The van der Waals surface area contributed by atoms with E-state index in [1.165, 1.54) is 11.2 Å².